The number of rotatable bonds is 5. The Bertz CT molecular complexity index is 899. The van der Waals surface area contributed by atoms with Gasteiger partial charge in [0.25, 0.3) is 5.91 Å². The van der Waals surface area contributed by atoms with Gasteiger partial charge in [-0.15, -0.1) is 0 Å². The molecule has 0 N–H and O–H groups in total. The van der Waals surface area contributed by atoms with Crippen molar-refractivity contribution in [3.8, 4) is 0 Å². The molecule has 0 saturated carbocycles. The van der Waals surface area contributed by atoms with Gasteiger partial charge < -0.3 is 4.90 Å². The Morgan fingerprint density at radius 2 is 1.89 bits per heavy atom. The largest absolute Gasteiger partial charge is 0.335 e. The van der Waals surface area contributed by atoms with Crippen LogP contribution < -0.4 is 0 Å². The highest BCUT2D eigenvalue weighted by atomic mass is 19.1. The van der Waals surface area contributed by atoms with Crippen molar-refractivity contribution in [2.45, 2.75) is 13.2 Å². The normalized spacial score (nSPS) is 15.2. The Morgan fingerprint density at radius 3 is 2.63 bits per heavy atom. The highest BCUT2D eigenvalue weighted by Gasteiger charge is 2.23. The first-order valence-electron chi connectivity index (χ1n) is 8.94. The van der Waals surface area contributed by atoms with E-state index in [1.807, 2.05) is 23.2 Å². The van der Waals surface area contributed by atoms with Crippen LogP contribution >= 0.6 is 0 Å². The number of amides is 1. The zero-order valence-electron chi connectivity index (χ0n) is 14.9. The van der Waals surface area contributed by atoms with E-state index in [0.717, 1.165) is 18.7 Å². The molecule has 27 heavy (non-hydrogen) atoms. The molecule has 0 aliphatic carbocycles. The van der Waals surface area contributed by atoms with Gasteiger partial charge in [0.1, 0.15) is 18.2 Å². The van der Waals surface area contributed by atoms with Crippen molar-refractivity contribution < 1.29 is 9.18 Å². The van der Waals surface area contributed by atoms with Crippen molar-refractivity contribution in [3.63, 3.8) is 0 Å². The lowest BCUT2D eigenvalue weighted by atomic mass is 10.2. The van der Waals surface area contributed by atoms with E-state index in [2.05, 4.69) is 15.1 Å². The highest BCUT2D eigenvalue weighted by Crippen LogP contribution is 2.12. The fourth-order valence-corrected chi connectivity index (χ4v) is 3.25. The van der Waals surface area contributed by atoms with Crippen molar-refractivity contribution in [2.75, 3.05) is 26.2 Å². The van der Waals surface area contributed by atoms with Crippen LogP contribution in [0.1, 0.15) is 16.1 Å². The van der Waals surface area contributed by atoms with Crippen LogP contribution in [0.4, 0.5) is 4.39 Å². The Labute approximate surface area is 156 Å². The number of nitrogens with zero attached hydrogens (tertiary/aromatic N) is 6. The smallest absolute Gasteiger partial charge is 0.274 e. The third kappa shape index (κ3) is 4.22. The lowest BCUT2D eigenvalue weighted by Gasteiger charge is -2.34. The molecule has 1 aliphatic rings. The van der Waals surface area contributed by atoms with E-state index in [1.54, 1.807) is 40.0 Å². The molecule has 1 aliphatic heterocycles. The minimum Gasteiger partial charge on any atom is -0.335 e. The molecule has 7 nitrogen and oxygen atoms in total. The van der Waals surface area contributed by atoms with Gasteiger partial charge in [0.2, 0.25) is 0 Å². The Hall–Kier alpha value is -3.00. The standard InChI is InChI=1S/C19H21FN6O/c20-17-4-1-3-16(13-17)14-23-9-11-24(12-10-23)19(27)18-5-8-26(22-18)15-25-7-2-6-21-25/h1-8,13H,9-12,14-15H2. The number of hydrogen-bond donors (Lipinski definition) is 0. The highest BCUT2D eigenvalue weighted by molar-refractivity contribution is 5.92. The Balaban J connectivity index is 1.31. The number of carbonyl (C=O) groups is 1. The van der Waals surface area contributed by atoms with Gasteiger partial charge in [-0.1, -0.05) is 12.1 Å². The Kier molecular flexibility index (Phi) is 4.97. The summed E-state index contributed by atoms with van der Waals surface area (Å²) in [6.45, 7) is 3.97. The van der Waals surface area contributed by atoms with Crippen LogP contribution in [0.15, 0.2) is 55.0 Å². The van der Waals surface area contributed by atoms with Crippen molar-refractivity contribution in [1.82, 2.24) is 29.4 Å². The third-order valence-electron chi connectivity index (χ3n) is 4.66. The molecule has 1 amide bonds. The zero-order valence-corrected chi connectivity index (χ0v) is 14.9. The fraction of sp³-hybridized carbons (Fsp3) is 0.316. The van der Waals surface area contributed by atoms with Crippen LogP contribution in [0, 0.1) is 5.82 Å². The molecule has 0 atom stereocenters. The molecule has 140 valence electrons. The van der Waals surface area contributed by atoms with Crippen molar-refractivity contribution in [2.24, 2.45) is 0 Å². The van der Waals surface area contributed by atoms with Gasteiger partial charge in [-0.2, -0.15) is 10.2 Å². The second-order valence-corrected chi connectivity index (χ2v) is 6.63. The average molecular weight is 368 g/mol. The molecule has 1 saturated heterocycles. The monoisotopic (exact) mass is 368 g/mol. The van der Waals surface area contributed by atoms with Crippen LogP contribution in [0.2, 0.25) is 0 Å². The van der Waals surface area contributed by atoms with Crippen LogP contribution in [0.5, 0.6) is 0 Å². The Morgan fingerprint density at radius 1 is 1.04 bits per heavy atom. The first kappa shape index (κ1) is 17.4. The average Bonchev–Trinajstić information content (AvgIpc) is 3.34. The number of halogens is 1. The summed E-state index contributed by atoms with van der Waals surface area (Å²) in [7, 11) is 0. The molecule has 1 fully saturated rings. The summed E-state index contributed by atoms with van der Waals surface area (Å²) in [6.07, 6.45) is 5.34. The molecular weight excluding hydrogens is 347 g/mol. The van der Waals surface area contributed by atoms with Crippen molar-refractivity contribution in [3.05, 3.63) is 72.1 Å². The number of piperazine rings is 1. The van der Waals surface area contributed by atoms with Crippen molar-refractivity contribution in [1.29, 1.82) is 0 Å². The molecule has 0 bridgehead atoms. The summed E-state index contributed by atoms with van der Waals surface area (Å²) >= 11 is 0. The van der Waals surface area contributed by atoms with E-state index in [4.69, 9.17) is 0 Å². The first-order chi connectivity index (χ1) is 13.2. The fourth-order valence-electron chi connectivity index (χ4n) is 3.25. The quantitative estimate of drug-likeness (QED) is 0.688. The second kappa shape index (κ2) is 7.71. The predicted octanol–water partition coefficient (Wildman–Crippen LogP) is 1.68. The van der Waals surface area contributed by atoms with E-state index >= 15 is 0 Å². The van der Waals surface area contributed by atoms with E-state index in [0.29, 0.717) is 32.0 Å². The van der Waals surface area contributed by atoms with Gasteiger partial charge in [0, 0.05) is 51.3 Å². The molecule has 3 aromatic rings. The zero-order chi connectivity index (χ0) is 18.6. The maximum absolute atomic E-state index is 13.3. The molecular formula is C19H21FN6O. The predicted molar refractivity (Wildman–Crippen MR) is 97.4 cm³/mol. The molecule has 1 aromatic carbocycles. The minimum absolute atomic E-state index is 0.0559. The van der Waals surface area contributed by atoms with Crippen LogP contribution in [0.3, 0.4) is 0 Å². The van der Waals surface area contributed by atoms with E-state index < -0.39 is 0 Å². The molecule has 4 rings (SSSR count). The molecule has 0 radical (unpaired) electrons. The summed E-state index contributed by atoms with van der Waals surface area (Å²) in [6, 6.07) is 10.2. The number of carbonyl (C=O) groups excluding carboxylic acids is 1. The van der Waals surface area contributed by atoms with E-state index in [1.165, 1.54) is 6.07 Å². The molecule has 2 aromatic heterocycles. The molecule has 0 spiro atoms. The van der Waals surface area contributed by atoms with Gasteiger partial charge in [0.05, 0.1) is 0 Å². The van der Waals surface area contributed by atoms with Crippen LogP contribution in [-0.2, 0) is 13.2 Å². The second-order valence-electron chi connectivity index (χ2n) is 6.63. The van der Waals surface area contributed by atoms with Gasteiger partial charge in [0.15, 0.2) is 0 Å². The summed E-state index contributed by atoms with van der Waals surface area (Å²) in [5.41, 5.74) is 1.40. The van der Waals surface area contributed by atoms with Gasteiger partial charge in [-0.3, -0.25) is 19.1 Å². The van der Waals surface area contributed by atoms with Gasteiger partial charge in [-0.25, -0.2) is 4.39 Å². The lowest BCUT2D eigenvalue weighted by Crippen LogP contribution is -2.48. The molecule has 0 unspecified atom stereocenters. The first-order valence-corrected chi connectivity index (χ1v) is 8.94. The summed E-state index contributed by atoms with van der Waals surface area (Å²) in [5.74, 6) is -0.272. The lowest BCUT2D eigenvalue weighted by molar-refractivity contribution is 0.0621. The van der Waals surface area contributed by atoms with Crippen LogP contribution in [-0.4, -0.2) is 61.4 Å². The number of aromatic nitrogens is 4. The summed E-state index contributed by atoms with van der Waals surface area (Å²) in [4.78, 5) is 16.7. The SMILES string of the molecule is O=C(c1ccn(Cn2cccn2)n1)N1CCN(Cc2cccc(F)c2)CC1. The van der Waals surface area contributed by atoms with E-state index in [-0.39, 0.29) is 11.7 Å². The summed E-state index contributed by atoms with van der Waals surface area (Å²) in [5, 5.41) is 8.50. The number of benzene rings is 1. The van der Waals surface area contributed by atoms with Gasteiger partial charge in [-0.05, 0) is 29.8 Å². The molecule has 3 heterocycles. The van der Waals surface area contributed by atoms with Crippen LogP contribution in [0.25, 0.3) is 0 Å². The third-order valence-corrected chi connectivity index (χ3v) is 4.66. The number of hydrogen-bond acceptors (Lipinski definition) is 4. The summed E-state index contributed by atoms with van der Waals surface area (Å²) < 4.78 is 16.7. The maximum Gasteiger partial charge on any atom is 0.274 e. The minimum atomic E-state index is -0.216. The molecule has 8 heteroatoms. The van der Waals surface area contributed by atoms with Crippen molar-refractivity contribution >= 4 is 5.91 Å². The topological polar surface area (TPSA) is 59.2 Å². The van der Waals surface area contributed by atoms with Gasteiger partial charge >= 0.3 is 0 Å². The maximum atomic E-state index is 13.3. The van der Waals surface area contributed by atoms with E-state index in [9.17, 15) is 9.18 Å².